The van der Waals surface area contributed by atoms with Gasteiger partial charge in [-0.3, -0.25) is 4.79 Å². The number of nitrogens with zero attached hydrogens (tertiary/aromatic N) is 2. The lowest BCUT2D eigenvalue weighted by molar-refractivity contribution is -0.126. The molecule has 1 aromatic carbocycles. The summed E-state index contributed by atoms with van der Waals surface area (Å²) in [5.74, 6) is -0.577. The van der Waals surface area contributed by atoms with Crippen LogP contribution in [0.15, 0.2) is 18.2 Å². The van der Waals surface area contributed by atoms with Crippen LogP contribution in [0.5, 0.6) is 11.5 Å². The molecular weight excluding hydrogens is 342 g/mol. The van der Waals surface area contributed by atoms with E-state index in [1.807, 2.05) is 32.0 Å². The summed E-state index contributed by atoms with van der Waals surface area (Å²) in [6.07, 6.45) is 0.0850. The van der Waals surface area contributed by atoms with E-state index in [2.05, 4.69) is 4.90 Å². The molecule has 0 aliphatic carbocycles. The van der Waals surface area contributed by atoms with Crippen molar-refractivity contribution >= 4 is 5.91 Å². The predicted octanol–water partition coefficient (Wildman–Crippen LogP) is 3.56. The summed E-state index contributed by atoms with van der Waals surface area (Å²) in [4.78, 5) is 13.7. The number of fused-ring (bicyclic) bond motifs is 1. The van der Waals surface area contributed by atoms with Crippen LogP contribution in [-0.4, -0.2) is 62.2 Å². The van der Waals surface area contributed by atoms with Crippen LogP contribution in [0.3, 0.4) is 0 Å². The number of rotatable bonds is 1. The van der Waals surface area contributed by atoms with Crippen LogP contribution in [0.25, 0.3) is 0 Å². The molecule has 1 aromatic rings. The van der Waals surface area contributed by atoms with Crippen molar-refractivity contribution in [2.24, 2.45) is 0 Å². The van der Waals surface area contributed by atoms with E-state index in [1.54, 1.807) is 14.1 Å². The van der Waals surface area contributed by atoms with Crippen molar-refractivity contribution < 1.29 is 23.0 Å². The summed E-state index contributed by atoms with van der Waals surface area (Å²) in [5, 5.41) is 0. The van der Waals surface area contributed by atoms with Crippen molar-refractivity contribution in [3.8, 4) is 11.5 Å². The van der Waals surface area contributed by atoms with Crippen molar-refractivity contribution in [3.63, 3.8) is 0 Å². The smallest absolute Gasteiger partial charge is 0.250 e. The fourth-order valence-electron chi connectivity index (χ4n) is 2.20. The number of alkyl halides is 2. The quantitative estimate of drug-likeness (QED) is 0.756. The fourth-order valence-corrected chi connectivity index (χ4v) is 2.20. The maximum absolute atomic E-state index is 12.5. The molecular formula is C19H30F2N2O3. The minimum atomic E-state index is -2.38. The van der Waals surface area contributed by atoms with Crippen molar-refractivity contribution in [1.82, 2.24) is 9.80 Å². The van der Waals surface area contributed by atoms with E-state index in [4.69, 9.17) is 9.47 Å². The Morgan fingerprint density at radius 2 is 1.73 bits per heavy atom. The Morgan fingerprint density at radius 1 is 1.19 bits per heavy atom. The van der Waals surface area contributed by atoms with Crippen LogP contribution in [0.2, 0.25) is 0 Å². The van der Waals surface area contributed by atoms with Gasteiger partial charge in [0.1, 0.15) is 0 Å². The third-order valence-electron chi connectivity index (χ3n) is 4.19. The highest BCUT2D eigenvalue weighted by molar-refractivity contribution is 5.72. The van der Waals surface area contributed by atoms with Gasteiger partial charge in [-0.05, 0) is 31.2 Å². The molecule has 1 amide bonds. The van der Waals surface area contributed by atoms with Gasteiger partial charge in [-0.15, -0.1) is 0 Å². The van der Waals surface area contributed by atoms with E-state index < -0.39 is 5.92 Å². The Morgan fingerprint density at radius 3 is 2.23 bits per heavy atom. The van der Waals surface area contributed by atoms with E-state index in [0.29, 0.717) is 19.9 Å². The van der Waals surface area contributed by atoms with Crippen LogP contribution in [0.4, 0.5) is 8.78 Å². The SMILES string of the molecule is CC(=O)N(C)C.CCN1CCC(F)(F)CC1.Cc1ccc2c(c1)OCO2. The number of ether oxygens (including phenoxy) is 2. The monoisotopic (exact) mass is 372 g/mol. The second kappa shape index (κ2) is 10.3. The Labute approximate surface area is 154 Å². The third-order valence-corrected chi connectivity index (χ3v) is 4.19. The lowest BCUT2D eigenvalue weighted by atomic mass is 10.1. The van der Waals surface area contributed by atoms with Crippen LogP contribution in [-0.2, 0) is 4.79 Å². The molecule has 0 N–H and O–H groups in total. The molecule has 0 unspecified atom stereocenters. The van der Waals surface area contributed by atoms with Gasteiger partial charge in [-0.25, -0.2) is 8.78 Å². The molecule has 5 nitrogen and oxygen atoms in total. The number of amides is 1. The van der Waals surface area contributed by atoms with Gasteiger partial charge in [0.05, 0.1) is 0 Å². The van der Waals surface area contributed by atoms with Crippen LogP contribution >= 0.6 is 0 Å². The predicted molar refractivity (Wildman–Crippen MR) is 98.0 cm³/mol. The summed E-state index contributed by atoms with van der Waals surface area (Å²) in [6.45, 7) is 7.94. The first-order valence-electron chi connectivity index (χ1n) is 8.79. The van der Waals surface area contributed by atoms with E-state index in [9.17, 15) is 13.6 Å². The third kappa shape index (κ3) is 7.99. The van der Waals surface area contributed by atoms with Gasteiger partial charge in [0.2, 0.25) is 12.7 Å². The number of piperidine rings is 1. The molecule has 26 heavy (non-hydrogen) atoms. The Balaban J connectivity index is 0.000000203. The van der Waals surface area contributed by atoms with Gasteiger partial charge in [0, 0.05) is 47.0 Å². The number of hydrogen-bond donors (Lipinski definition) is 0. The average molecular weight is 372 g/mol. The van der Waals surface area contributed by atoms with Gasteiger partial charge in [-0.1, -0.05) is 13.0 Å². The van der Waals surface area contributed by atoms with Gasteiger partial charge < -0.3 is 19.3 Å². The first kappa shape index (κ1) is 22.2. The number of hydrogen-bond acceptors (Lipinski definition) is 4. The van der Waals surface area contributed by atoms with E-state index in [0.717, 1.165) is 18.0 Å². The molecule has 0 saturated carbocycles. The molecule has 0 aromatic heterocycles. The van der Waals surface area contributed by atoms with Crippen LogP contribution < -0.4 is 9.47 Å². The average Bonchev–Trinajstić information content (AvgIpc) is 3.03. The molecule has 2 aliphatic rings. The zero-order valence-corrected chi connectivity index (χ0v) is 16.3. The molecule has 148 valence electrons. The minimum absolute atomic E-state index is 0.0425. The highest BCUT2D eigenvalue weighted by Crippen LogP contribution is 2.32. The number of carbonyl (C=O) groups excluding carboxylic acids is 1. The van der Waals surface area contributed by atoms with Gasteiger partial charge in [0.15, 0.2) is 11.5 Å². The van der Waals surface area contributed by atoms with E-state index in [-0.39, 0.29) is 18.7 Å². The lowest BCUT2D eigenvalue weighted by Gasteiger charge is -2.30. The fraction of sp³-hybridized carbons (Fsp3) is 0.632. The standard InChI is InChI=1S/C8H8O2.C7H13F2N.C4H9NO/c1-6-2-3-7-8(4-6)10-5-9-7;1-2-10-5-3-7(8,9)4-6-10;1-4(6)5(2)3/h2-4H,5H2,1H3;2-6H2,1H3;1-3H3. The zero-order valence-electron chi connectivity index (χ0n) is 16.3. The lowest BCUT2D eigenvalue weighted by Crippen LogP contribution is -2.38. The van der Waals surface area contributed by atoms with Crippen molar-refractivity contribution in [2.75, 3.05) is 40.5 Å². The van der Waals surface area contributed by atoms with Crippen LogP contribution in [0.1, 0.15) is 32.3 Å². The Bertz CT molecular complexity index is 570. The first-order chi connectivity index (χ1) is 12.1. The number of aryl methyl sites for hydroxylation is 1. The molecule has 3 rings (SSSR count). The second-order valence-corrected chi connectivity index (χ2v) is 6.56. The maximum Gasteiger partial charge on any atom is 0.250 e. The molecule has 0 atom stereocenters. The molecule has 0 spiro atoms. The molecule has 7 heteroatoms. The summed E-state index contributed by atoms with van der Waals surface area (Å²) in [7, 11) is 3.45. The largest absolute Gasteiger partial charge is 0.454 e. The second-order valence-electron chi connectivity index (χ2n) is 6.56. The summed E-state index contributed by atoms with van der Waals surface area (Å²) in [6, 6.07) is 5.91. The molecule has 2 heterocycles. The number of halogens is 2. The van der Waals surface area contributed by atoms with Crippen LogP contribution in [0, 0.1) is 6.92 Å². The Kier molecular flexibility index (Phi) is 8.78. The summed E-state index contributed by atoms with van der Waals surface area (Å²) >= 11 is 0. The van der Waals surface area contributed by atoms with Gasteiger partial charge in [0.25, 0.3) is 5.92 Å². The topological polar surface area (TPSA) is 42.0 Å². The number of benzene rings is 1. The minimum Gasteiger partial charge on any atom is -0.454 e. The molecule has 0 radical (unpaired) electrons. The zero-order chi connectivity index (χ0) is 19.7. The van der Waals surface area contributed by atoms with E-state index >= 15 is 0 Å². The summed E-state index contributed by atoms with van der Waals surface area (Å²) in [5.41, 5.74) is 1.20. The first-order valence-corrected chi connectivity index (χ1v) is 8.79. The highest BCUT2D eigenvalue weighted by Gasteiger charge is 2.33. The van der Waals surface area contributed by atoms with E-state index in [1.165, 1.54) is 17.4 Å². The van der Waals surface area contributed by atoms with Crippen molar-refractivity contribution in [2.45, 2.75) is 39.5 Å². The highest BCUT2D eigenvalue weighted by atomic mass is 19.3. The van der Waals surface area contributed by atoms with Gasteiger partial charge >= 0.3 is 0 Å². The van der Waals surface area contributed by atoms with Gasteiger partial charge in [-0.2, -0.15) is 0 Å². The summed E-state index contributed by atoms with van der Waals surface area (Å²) < 4.78 is 35.3. The van der Waals surface area contributed by atoms with Crippen molar-refractivity contribution in [1.29, 1.82) is 0 Å². The Hall–Kier alpha value is -1.89. The molecule has 1 saturated heterocycles. The number of carbonyl (C=O) groups is 1. The normalized spacial score (nSPS) is 17.3. The molecule has 1 fully saturated rings. The van der Waals surface area contributed by atoms with Crippen molar-refractivity contribution in [3.05, 3.63) is 23.8 Å². The molecule has 2 aliphatic heterocycles. The number of likely N-dealkylation sites (tertiary alicyclic amines) is 1. The molecule has 0 bridgehead atoms. The maximum atomic E-state index is 12.5.